The van der Waals surface area contributed by atoms with Crippen LogP contribution in [-0.4, -0.2) is 23.8 Å². The predicted molar refractivity (Wildman–Crippen MR) is 58.0 cm³/mol. The van der Waals surface area contributed by atoms with E-state index in [0.717, 1.165) is 18.3 Å². The second-order valence-electron chi connectivity index (χ2n) is 5.02. The molecule has 3 unspecified atom stereocenters. The van der Waals surface area contributed by atoms with Gasteiger partial charge >= 0.3 is 0 Å². The van der Waals surface area contributed by atoms with Crippen molar-refractivity contribution >= 4 is 0 Å². The van der Waals surface area contributed by atoms with Crippen molar-refractivity contribution in [1.29, 1.82) is 0 Å². The molecular weight excluding hydrogens is 174 g/mol. The van der Waals surface area contributed by atoms with Crippen molar-refractivity contribution in [2.24, 2.45) is 17.8 Å². The molecule has 0 saturated heterocycles. The standard InChI is InChI=1S/C12H21NO/c1-8-5-12(9(8)2)13-11-4-3-10(6-11)7-14/h3-4,8-14H,5-7H2,1-2H3/t8?,9?,10-,11+,12?/m0/s1. The Bertz CT molecular complexity index is 226. The fourth-order valence-electron chi connectivity index (χ4n) is 2.56. The fourth-order valence-corrected chi connectivity index (χ4v) is 2.56. The van der Waals surface area contributed by atoms with Crippen molar-refractivity contribution in [3.05, 3.63) is 12.2 Å². The zero-order valence-electron chi connectivity index (χ0n) is 9.11. The minimum atomic E-state index is 0.297. The molecule has 0 aromatic rings. The van der Waals surface area contributed by atoms with Crippen LogP contribution in [0.5, 0.6) is 0 Å². The number of aliphatic hydroxyl groups is 1. The highest BCUT2D eigenvalue weighted by Gasteiger charge is 2.35. The lowest BCUT2D eigenvalue weighted by Gasteiger charge is -2.42. The van der Waals surface area contributed by atoms with Crippen LogP contribution in [0.25, 0.3) is 0 Å². The predicted octanol–water partition coefficient (Wildman–Crippen LogP) is 1.56. The maximum atomic E-state index is 9.00. The molecule has 2 rings (SSSR count). The van der Waals surface area contributed by atoms with Crippen LogP contribution in [0, 0.1) is 17.8 Å². The van der Waals surface area contributed by atoms with Crippen LogP contribution >= 0.6 is 0 Å². The summed E-state index contributed by atoms with van der Waals surface area (Å²) < 4.78 is 0. The molecule has 0 bridgehead atoms. The van der Waals surface area contributed by atoms with Crippen LogP contribution in [0.15, 0.2) is 12.2 Å². The van der Waals surface area contributed by atoms with Crippen LogP contribution < -0.4 is 5.32 Å². The number of aliphatic hydroxyl groups excluding tert-OH is 1. The van der Waals surface area contributed by atoms with E-state index in [1.807, 2.05) is 0 Å². The monoisotopic (exact) mass is 195 g/mol. The van der Waals surface area contributed by atoms with E-state index in [1.54, 1.807) is 0 Å². The zero-order valence-corrected chi connectivity index (χ0v) is 9.11. The summed E-state index contributed by atoms with van der Waals surface area (Å²) in [5.41, 5.74) is 0. The van der Waals surface area contributed by atoms with E-state index < -0.39 is 0 Å². The van der Waals surface area contributed by atoms with Gasteiger partial charge < -0.3 is 10.4 Å². The average Bonchev–Trinajstić information content (AvgIpc) is 2.65. The van der Waals surface area contributed by atoms with E-state index in [-0.39, 0.29) is 0 Å². The molecule has 0 aliphatic heterocycles. The summed E-state index contributed by atoms with van der Waals surface area (Å²) in [5.74, 6) is 2.09. The van der Waals surface area contributed by atoms with Crippen molar-refractivity contribution in [2.75, 3.05) is 6.61 Å². The Labute approximate surface area is 86.4 Å². The third-order valence-electron chi connectivity index (χ3n) is 3.99. The highest BCUT2D eigenvalue weighted by molar-refractivity contribution is 5.07. The Balaban J connectivity index is 1.75. The summed E-state index contributed by atoms with van der Waals surface area (Å²) in [6.45, 7) is 4.95. The Hall–Kier alpha value is -0.340. The third kappa shape index (κ3) is 1.86. The van der Waals surface area contributed by atoms with Crippen molar-refractivity contribution in [2.45, 2.75) is 38.8 Å². The first kappa shape index (κ1) is 10.2. The molecule has 80 valence electrons. The van der Waals surface area contributed by atoms with E-state index in [2.05, 4.69) is 31.3 Å². The maximum Gasteiger partial charge on any atom is 0.0494 e. The summed E-state index contributed by atoms with van der Waals surface area (Å²) in [6, 6.07) is 1.21. The minimum absolute atomic E-state index is 0.297. The van der Waals surface area contributed by atoms with E-state index in [0.29, 0.717) is 24.6 Å². The molecule has 0 spiro atoms. The summed E-state index contributed by atoms with van der Waals surface area (Å²) in [4.78, 5) is 0. The first-order valence-corrected chi connectivity index (χ1v) is 5.76. The lowest BCUT2D eigenvalue weighted by molar-refractivity contribution is 0.128. The topological polar surface area (TPSA) is 32.3 Å². The molecule has 0 radical (unpaired) electrons. The molecule has 1 saturated carbocycles. The molecule has 1 fully saturated rings. The molecule has 14 heavy (non-hydrogen) atoms. The Kier molecular flexibility index (Phi) is 2.93. The van der Waals surface area contributed by atoms with Gasteiger partial charge in [0.05, 0.1) is 0 Å². The lowest BCUT2D eigenvalue weighted by Crippen LogP contribution is -2.51. The lowest BCUT2D eigenvalue weighted by atomic mass is 9.71. The molecule has 2 N–H and O–H groups in total. The van der Waals surface area contributed by atoms with Gasteiger partial charge in [0.25, 0.3) is 0 Å². The van der Waals surface area contributed by atoms with Gasteiger partial charge in [-0.15, -0.1) is 0 Å². The normalized spacial score (nSPS) is 46.6. The Morgan fingerprint density at radius 1 is 1.29 bits per heavy atom. The zero-order chi connectivity index (χ0) is 10.1. The molecule has 2 aliphatic carbocycles. The molecule has 2 aliphatic rings. The van der Waals surface area contributed by atoms with Gasteiger partial charge in [-0.2, -0.15) is 0 Å². The largest absolute Gasteiger partial charge is 0.396 e. The number of hydrogen-bond donors (Lipinski definition) is 2. The summed E-state index contributed by atoms with van der Waals surface area (Å²) >= 11 is 0. The van der Waals surface area contributed by atoms with Crippen molar-refractivity contribution in [3.8, 4) is 0 Å². The first-order chi connectivity index (χ1) is 6.70. The summed E-state index contributed by atoms with van der Waals surface area (Å²) in [6.07, 6.45) is 6.75. The fraction of sp³-hybridized carbons (Fsp3) is 0.833. The number of hydrogen-bond acceptors (Lipinski definition) is 2. The van der Waals surface area contributed by atoms with Crippen molar-refractivity contribution < 1.29 is 5.11 Å². The number of rotatable bonds is 3. The van der Waals surface area contributed by atoms with E-state index in [1.165, 1.54) is 6.42 Å². The van der Waals surface area contributed by atoms with Gasteiger partial charge in [-0.3, -0.25) is 0 Å². The van der Waals surface area contributed by atoms with E-state index >= 15 is 0 Å². The second kappa shape index (κ2) is 4.03. The maximum absolute atomic E-state index is 9.00. The Morgan fingerprint density at radius 2 is 2.07 bits per heavy atom. The van der Waals surface area contributed by atoms with Crippen LogP contribution in [-0.2, 0) is 0 Å². The third-order valence-corrected chi connectivity index (χ3v) is 3.99. The quantitative estimate of drug-likeness (QED) is 0.670. The molecule has 5 atom stereocenters. The molecule has 0 amide bonds. The highest BCUT2D eigenvalue weighted by Crippen LogP contribution is 2.34. The number of nitrogens with one attached hydrogen (secondary N) is 1. The van der Waals surface area contributed by atoms with Gasteiger partial charge in [0.15, 0.2) is 0 Å². The average molecular weight is 195 g/mol. The molecule has 2 heteroatoms. The molecule has 0 aromatic carbocycles. The smallest absolute Gasteiger partial charge is 0.0494 e. The first-order valence-electron chi connectivity index (χ1n) is 5.76. The van der Waals surface area contributed by atoms with Gasteiger partial charge in [0, 0.05) is 24.6 Å². The molecule has 0 heterocycles. The molecule has 0 aromatic heterocycles. The van der Waals surface area contributed by atoms with E-state index in [9.17, 15) is 0 Å². The van der Waals surface area contributed by atoms with Crippen LogP contribution in [0.3, 0.4) is 0 Å². The molecular formula is C12H21NO. The van der Waals surface area contributed by atoms with Gasteiger partial charge in [0.1, 0.15) is 0 Å². The van der Waals surface area contributed by atoms with Crippen molar-refractivity contribution in [1.82, 2.24) is 5.32 Å². The van der Waals surface area contributed by atoms with Crippen LogP contribution in [0.1, 0.15) is 26.7 Å². The minimum Gasteiger partial charge on any atom is -0.396 e. The second-order valence-corrected chi connectivity index (χ2v) is 5.02. The highest BCUT2D eigenvalue weighted by atomic mass is 16.3. The molecule has 2 nitrogen and oxygen atoms in total. The van der Waals surface area contributed by atoms with Crippen molar-refractivity contribution in [3.63, 3.8) is 0 Å². The van der Waals surface area contributed by atoms with Gasteiger partial charge in [-0.25, -0.2) is 0 Å². The van der Waals surface area contributed by atoms with Gasteiger partial charge in [-0.1, -0.05) is 26.0 Å². The van der Waals surface area contributed by atoms with Gasteiger partial charge in [-0.05, 0) is 24.7 Å². The summed E-state index contributed by atoms with van der Waals surface area (Å²) in [7, 11) is 0. The van der Waals surface area contributed by atoms with Crippen LogP contribution in [0.2, 0.25) is 0 Å². The Morgan fingerprint density at radius 3 is 2.57 bits per heavy atom. The summed E-state index contributed by atoms with van der Waals surface area (Å²) in [5, 5.41) is 12.7. The SMILES string of the molecule is CC1CC(N[C@@H]2C=C[C@H](CO)C2)C1C. The van der Waals surface area contributed by atoms with E-state index in [4.69, 9.17) is 5.11 Å². The van der Waals surface area contributed by atoms with Crippen LogP contribution in [0.4, 0.5) is 0 Å². The van der Waals surface area contributed by atoms with Gasteiger partial charge in [0.2, 0.25) is 0 Å².